The molecule has 2 aromatic carbocycles. The van der Waals surface area contributed by atoms with Crippen LogP contribution in [0.2, 0.25) is 0 Å². The summed E-state index contributed by atoms with van der Waals surface area (Å²) in [6.07, 6.45) is 7.01. The van der Waals surface area contributed by atoms with Crippen molar-refractivity contribution < 1.29 is 9.36 Å². The van der Waals surface area contributed by atoms with E-state index in [0.29, 0.717) is 5.56 Å². The molecule has 0 aliphatic rings. The molecule has 102 valence electrons. The van der Waals surface area contributed by atoms with Crippen LogP contribution in [0.15, 0.2) is 85.5 Å². The highest BCUT2D eigenvalue weighted by Crippen LogP contribution is 2.17. The van der Waals surface area contributed by atoms with Crippen LogP contribution in [0.1, 0.15) is 22.0 Å². The Labute approximate surface area is 123 Å². The lowest BCUT2D eigenvalue weighted by molar-refractivity contribution is -0.699. The van der Waals surface area contributed by atoms with Crippen molar-refractivity contribution in [1.82, 2.24) is 4.98 Å². The fraction of sp³-hybridized carbons (Fsp3) is 0.0556. The number of carbonyl (C=O) groups is 1. The van der Waals surface area contributed by atoms with Crippen LogP contribution < -0.4 is 4.57 Å². The first-order valence-electron chi connectivity index (χ1n) is 6.81. The molecule has 3 heteroatoms. The highest BCUT2D eigenvalue weighted by atomic mass is 16.1. The lowest BCUT2D eigenvalue weighted by atomic mass is 9.97. The standard InChI is InChI=1S/C18H15N2O/c21-18(16-9-5-2-6-10-16)17(15-7-3-1-4-8-15)20-13-11-19-12-14-20/h1-14,17H/q+1. The van der Waals surface area contributed by atoms with E-state index in [2.05, 4.69) is 4.98 Å². The van der Waals surface area contributed by atoms with Crippen LogP contribution in [0.5, 0.6) is 0 Å². The first-order valence-corrected chi connectivity index (χ1v) is 6.81. The number of Topliss-reactive ketones (excluding diaryl/α,β-unsaturated/α-hetero) is 1. The van der Waals surface area contributed by atoms with E-state index >= 15 is 0 Å². The van der Waals surface area contributed by atoms with Crippen molar-refractivity contribution in [3.05, 3.63) is 96.6 Å². The zero-order chi connectivity index (χ0) is 14.5. The molecule has 0 aliphatic heterocycles. The fourth-order valence-corrected chi connectivity index (χ4v) is 2.36. The second-order valence-electron chi connectivity index (χ2n) is 4.74. The maximum Gasteiger partial charge on any atom is 0.246 e. The fourth-order valence-electron chi connectivity index (χ4n) is 2.36. The van der Waals surface area contributed by atoms with E-state index in [1.165, 1.54) is 0 Å². The summed E-state index contributed by atoms with van der Waals surface area (Å²) in [6, 6.07) is 18.8. The van der Waals surface area contributed by atoms with Crippen LogP contribution in [0, 0.1) is 0 Å². The maximum absolute atomic E-state index is 12.9. The molecule has 3 aromatic rings. The van der Waals surface area contributed by atoms with Crippen molar-refractivity contribution in [2.45, 2.75) is 6.04 Å². The van der Waals surface area contributed by atoms with Gasteiger partial charge in [-0.15, -0.1) is 0 Å². The molecular weight excluding hydrogens is 260 g/mol. The number of hydrogen-bond donors (Lipinski definition) is 0. The summed E-state index contributed by atoms with van der Waals surface area (Å²) < 4.78 is 1.89. The van der Waals surface area contributed by atoms with E-state index in [1.54, 1.807) is 12.4 Å². The summed E-state index contributed by atoms with van der Waals surface area (Å²) in [4.78, 5) is 16.9. The summed E-state index contributed by atoms with van der Waals surface area (Å²) >= 11 is 0. The van der Waals surface area contributed by atoms with E-state index in [1.807, 2.05) is 77.6 Å². The molecule has 0 bridgehead atoms. The molecule has 0 saturated carbocycles. The van der Waals surface area contributed by atoms with E-state index in [-0.39, 0.29) is 11.8 Å². The van der Waals surface area contributed by atoms with Crippen molar-refractivity contribution in [3.8, 4) is 0 Å². The van der Waals surface area contributed by atoms with Gasteiger partial charge in [0.05, 0.1) is 12.4 Å². The highest BCUT2D eigenvalue weighted by molar-refractivity contribution is 5.99. The number of aromatic nitrogens is 2. The zero-order valence-corrected chi connectivity index (χ0v) is 11.5. The van der Waals surface area contributed by atoms with Gasteiger partial charge in [-0.3, -0.25) is 9.78 Å². The number of benzene rings is 2. The van der Waals surface area contributed by atoms with Crippen molar-refractivity contribution in [1.29, 1.82) is 0 Å². The molecule has 1 heterocycles. The third-order valence-electron chi connectivity index (χ3n) is 3.37. The predicted octanol–water partition coefficient (Wildman–Crippen LogP) is 2.84. The molecular formula is C18H15N2O+. The van der Waals surface area contributed by atoms with Gasteiger partial charge in [-0.25, -0.2) is 0 Å². The average Bonchev–Trinajstić information content (AvgIpc) is 2.58. The first kappa shape index (κ1) is 13.2. The van der Waals surface area contributed by atoms with Crippen LogP contribution in [0.25, 0.3) is 0 Å². The molecule has 0 fully saturated rings. The van der Waals surface area contributed by atoms with Crippen LogP contribution >= 0.6 is 0 Å². The zero-order valence-electron chi connectivity index (χ0n) is 11.5. The second kappa shape index (κ2) is 6.09. The quantitative estimate of drug-likeness (QED) is 0.542. The predicted molar refractivity (Wildman–Crippen MR) is 79.8 cm³/mol. The van der Waals surface area contributed by atoms with Gasteiger partial charge >= 0.3 is 0 Å². The Morgan fingerprint density at radius 1 is 0.857 bits per heavy atom. The van der Waals surface area contributed by atoms with E-state index in [0.717, 1.165) is 5.56 Å². The van der Waals surface area contributed by atoms with Crippen LogP contribution in [0.3, 0.4) is 0 Å². The normalized spacial score (nSPS) is 11.8. The Bertz CT molecular complexity index is 672. The number of hydrogen-bond acceptors (Lipinski definition) is 2. The highest BCUT2D eigenvalue weighted by Gasteiger charge is 2.30. The molecule has 21 heavy (non-hydrogen) atoms. The summed E-state index contributed by atoms with van der Waals surface area (Å²) in [5.74, 6) is 0.0676. The Kier molecular flexibility index (Phi) is 3.83. The van der Waals surface area contributed by atoms with E-state index < -0.39 is 0 Å². The summed E-state index contributed by atoms with van der Waals surface area (Å²) in [7, 11) is 0. The van der Waals surface area contributed by atoms with Crippen molar-refractivity contribution in [2.75, 3.05) is 0 Å². The number of nitrogens with zero attached hydrogens (tertiary/aromatic N) is 2. The van der Waals surface area contributed by atoms with Gasteiger partial charge in [0.2, 0.25) is 11.8 Å². The number of rotatable bonds is 4. The van der Waals surface area contributed by atoms with Crippen LogP contribution in [-0.4, -0.2) is 10.8 Å². The molecule has 1 unspecified atom stereocenters. The van der Waals surface area contributed by atoms with Gasteiger partial charge in [-0.2, -0.15) is 4.57 Å². The smallest absolute Gasteiger partial charge is 0.246 e. The van der Waals surface area contributed by atoms with Gasteiger partial charge < -0.3 is 0 Å². The topological polar surface area (TPSA) is 33.8 Å². The Hall–Kier alpha value is -2.81. The summed E-state index contributed by atoms with van der Waals surface area (Å²) in [5.41, 5.74) is 1.67. The van der Waals surface area contributed by atoms with E-state index in [9.17, 15) is 4.79 Å². The first-order chi connectivity index (χ1) is 10.4. The second-order valence-corrected chi connectivity index (χ2v) is 4.74. The summed E-state index contributed by atoms with van der Waals surface area (Å²) in [5, 5.41) is 0. The van der Waals surface area contributed by atoms with E-state index in [4.69, 9.17) is 0 Å². The minimum atomic E-state index is -0.378. The molecule has 0 N–H and O–H groups in total. The molecule has 3 rings (SSSR count). The Balaban J connectivity index is 2.07. The van der Waals surface area contributed by atoms with Crippen molar-refractivity contribution in [2.24, 2.45) is 0 Å². The third-order valence-corrected chi connectivity index (χ3v) is 3.37. The Morgan fingerprint density at radius 2 is 1.43 bits per heavy atom. The minimum absolute atomic E-state index is 0.0676. The minimum Gasteiger partial charge on any atom is -0.286 e. The number of ketones is 1. The van der Waals surface area contributed by atoms with Crippen LogP contribution in [0.4, 0.5) is 0 Å². The molecule has 3 nitrogen and oxygen atoms in total. The van der Waals surface area contributed by atoms with Crippen molar-refractivity contribution in [3.63, 3.8) is 0 Å². The van der Waals surface area contributed by atoms with Gasteiger partial charge in [0.1, 0.15) is 0 Å². The lowest BCUT2D eigenvalue weighted by Gasteiger charge is -2.11. The largest absolute Gasteiger partial charge is 0.286 e. The van der Waals surface area contributed by atoms with Crippen molar-refractivity contribution >= 4 is 5.78 Å². The lowest BCUT2D eigenvalue weighted by Crippen LogP contribution is -2.44. The Morgan fingerprint density at radius 3 is 2.05 bits per heavy atom. The maximum atomic E-state index is 12.9. The van der Waals surface area contributed by atoms with Gasteiger partial charge in [0, 0.05) is 11.1 Å². The molecule has 0 radical (unpaired) electrons. The molecule has 0 amide bonds. The van der Waals surface area contributed by atoms with Gasteiger partial charge in [-0.05, 0) is 0 Å². The number of carbonyl (C=O) groups excluding carboxylic acids is 1. The van der Waals surface area contributed by atoms with Crippen LogP contribution in [-0.2, 0) is 0 Å². The van der Waals surface area contributed by atoms with Gasteiger partial charge in [0.25, 0.3) is 0 Å². The average molecular weight is 275 g/mol. The molecule has 0 spiro atoms. The molecule has 1 aromatic heterocycles. The summed E-state index contributed by atoms with van der Waals surface area (Å²) in [6.45, 7) is 0. The molecule has 1 atom stereocenters. The van der Waals surface area contributed by atoms with Gasteiger partial charge in [0.15, 0.2) is 12.4 Å². The molecule has 0 saturated heterocycles. The SMILES string of the molecule is O=C(c1ccccc1)C(c1ccccc1)[n+]1ccncc1. The third kappa shape index (κ3) is 2.87. The monoisotopic (exact) mass is 275 g/mol. The molecule has 0 aliphatic carbocycles. The van der Waals surface area contributed by atoms with Gasteiger partial charge in [-0.1, -0.05) is 60.7 Å².